The highest BCUT2D eigenvalue weighted by Gasteiger charge is 2.54. The van der Waals surface area contributed by atoms with E-state index < -0.39 is 117 Å². The average Bonchev–Trinajstić information content (AvgIpc) is 3.19. The minimum atomic E-state index is -1.87. The number of aliphatic hydroxyl groups is 7. The van der Waals surface area contributed by atoms with Crippen LogP contribution < -0.4 is 4.74 Å². The fourth-order valence-corrected chi connectivity index (χ4v) is 6.31. The predicted octanol–water partition coefficient (Wildman–Crippen LogP) is -1.76. The number of esters is 2. The Hall–Kier alpha value is -2.31. The van der Waals surface area contributed by atoms with Gasteiger partial charge in [-0.1, -0.05) is 18.6 Å². The summed E-state index contributed by atoms with van der Waals surface area (Å²) in [6.07, 6.45) is -20.9. The predicted molar refractivity (Wildman–Crippen MR) is 184 cm³/mol. The van der Waals surface area contributed by atoms with E-state index in [-0.39, 0.29) is 25.6 Å². The van der Waals surface area contributed by atoms with E-state index in [1.54, 1.807) is 24.3 Å². The number of benzene rings is 1. The second-order valence-electron chi connectivity index (χ2n) is 13.3. The highest BCUT2D eigenvalue weighted by Crippen LogP contribution is 2.34. The first kappa shape index (κ1) is 45.4. The zero-order chi connectivity index (χ0) is 40.2. The lowest BCUT2D eigenvalue weighted by Gasteiger charge is -2.48. The second-order valence-corrected chi connectivity index (χ2v) is 13.6. The smallest absolute Gasteiger partial charge is 0.321 e. The Morgan fingerprint density at radius 3 is 2.04 bits per heavy atom. The van der Waals surface area contributed by atoms with Crippen molar-refractivity contribution >= 4 is 23.5 Å². The maximum absolute atomic E-state index is 12.8. The number of hydrogen-bond donors (Lipinski definition) is 7. The number of carbonyl (C=O) groups excluding carboxylic acids is 2. The van der Waals surface area contributed by atoms with Crippen LogP contribution >= 0.6 is 11.6 Å². The molecule has 0 aliphatic carbocycles. The highest BCUT2D eigenvalue weighted by atomic mass is 35.5. The van der Waals surface area contributed by atoms with E-state index in [0.29, 0.717) is 30.6 Å². The van der Waals surface area contributed by atoms with Crippen LogP contribution in [0.3, 0.4) is 0 Å². The van der Waals surface area contributed by atoms with Crippen molar-refractivity contribution in [3.8, 4) is 5.75 Å². The number of methoxy groups -OCH3 is 2. The molecule has 314 valence electrons. The van der Waals surface area contributed by atoms with Crippen LogP contribution in [-0.2, 0) is 58.8 Å². The normalized spacial score (nSPS) is 36.6. The van der Waals surface area contributed by atoms with Gasteiger partial charge in [-0.25, -0.2) is 0 Å². The molecule has 3 heterocycles. The SMILES string of the molecule is COC(=O)CCCCCO[C@@H]1O[C@H](CO[C@@H]2O[C@@H](C)[C@@H](O)[C@@H](O)[C@@H]2O)[C@H](O[C@H]2O[C@H](CO)[C@H](O)[C@H](O)[C@H]2O)[C@H](OCc2ccc(OC)cc2)[C@H]1OC(=O)CCl. The molecule has 1 aromatic rings. The third-order valence-electron chi connectivity index (χ3n) is 9.48. The van der Waals surface area contributed by atoms with Crippen LogP contribution in [0.4, 0.5) is 0 Å². The second kappa shape index (κ2) is 22.0. The first-order valence-corrected chi connectivity index (χ1v) is 18.5. The molecule has 1 aromatic carbocycles. The van der Waals surface area contributed by atoms with Crippen LogP contribution in [0.1, 0.15) is 38.2 Å². The zero-order valence-corrected chi connectivity index (χ0v) is 31.5. The van der Waals surface area contributed by atoms with Gasteiger partial charge in [0.05, 0.1) is 40.1 Å². The summed E-state index contributed by atoms with van der Waals surface area (Å²) in [5.41, 5.74) is 0.637. The van der Waals surface area contributed by atoms with Crippen molar-refractivity contribution in [2.24, 2.45) is 0 Å². The van der Waals surface area contributed by atoms with E-state index in [4.69, 9.17) is 54.2 Å². The quantitative estimate of drug-likeness (QED) is 0.0463. The van der Waals surface area contributed by atoms with E-state index >= 15 is 0 Å². The summed E-state index contributed by atoms with van der Waals surface area (Å²) < 4.78 is 57.8. The average molecular weight is 813 g/mol. The van der Waals surface area contributed by atoms with E-state index in [1.165, 1.54) is 21.1 Å². The van der Waals surface area contributed by atoms with Gasteiger partial charge in [-0.2, -0.15) is 0 Å². The third kappa shape index (κ3) is 12.1. The van der Waals surface area contributed by atoms with Crippen LogP contribution in [0, 0.1) is 0 Å². The molecule has 4 rings (SSSR count). The van der Waals surface area contributed by atoms with Gasteiger partial charge in [0.1, 0.15) is 72.7 Å². The van der Waals surface area contributed by atoms with E-state index in [9.17, 15) is 45.3 Å². The highest BCUT2D eigenvalue weighted by molar-refractivity contribution is 6.26. The molecule has 0 saturated carbocycles. The number of rotatable bonds is 19. The Morgan fingerprint density at radius 1 is 0.709 bits per heavy atom. The van der Waals surface area contributed by atoms with Crippen molar-refractivity contribution < 1.29 is 92.7 Å². The molecule has 0 spiro atoms. The number of alkyl halides is 1. The molecule has 3 saturated heterocycles. The van der Waals surface area contributed by atoms with Crippen molar-refractivity contribution in [1.29, 1.82) is 0 Å². The lowest BCUT2D eigenvalue weighted by atomic mass is 9.96. The van der Waals surface area contributed by atoms with Gasteiger partial charge in [0, 0.05) is 13.0 Å². The Bertz CT molecular complexity index is 1310. The first-order valence-electron chi connectivity index (χ1n) is 17.9. The maximum atomic E-state index is 12.8. The van der Waals surface area contributed by atoms with Crippen molar-refractivity contribution in [2.45, 2.75) is 131 Å². The Morgan fingerprint density at radius 2 is 1.38 bits per heavy atom. The van der Waals surface area contributed by atoms with Gasteiger partial charge in [-0.3, -0.25) is 9.59 Å². The number of carbonyl (C=O) groups is 2. The van der Waals surface area contributed by atoms with Crippen LogP contribution in [0.5, 0.6) is 5.75 Å². The minimum absolute atomic E-state index is 0.0455. The Labute approximate surface area is 322 Å². The summed E-state index contributed by atoms with van der Waals surface area (Å²) in [4.78, 5) is 24.3. The van der Waals surface area contributed by atoms with Crippen LogP contribution in [0.2, 0.25) is 0 Å². The van der Waals surface area contributed by atoms with Gasteiger partial charge in [0.25, 0.3) is 0 Å². The molecular formula is C35H53ClO19. The summed E-state index contributed by atoms with van der Waals surface area (Å²) in [5, 5.41) is 73.0. The lowest BCUT2D eigenvalue weighted by molar-refractivity contribution is -0.370. The van der Waals surface area contributed by atoms with Gasteiger partial charge in [-0.05, 0) is 37.5 Å². The van der Waals surface area contributed by atoms with Gasteiger partial charge >= 0.3 is 11.9 Å². The van der Waals surface area contributed by atoms with Gasteiger partial charge in [-0.15, -0.1) is 11.6 Å². The minimum Gasteiger partial charge on any atom is -0.497 e. The monoisotopic (exact) mass is 812 g/mol. The van der Waals surface area contributed by atoms with Crippen molar-refractivity contribution in [3.63, 3.8) is 0 Å². The Kier molecular flexibility index (Phi) is 18.2. The molecular weight excluding hydrogens is 760 g/mol. The molecule has 0 aromatic heterocycles. The first-order chi connectivity index (χ1) is 26.3. The molecule has 3 fully saturated rings. The summed E-state index contributed by atoms with van der Waals surface area (Å²) in [6.45, 7) is 0.121. The third-order valence-corrected chi connectivity index (χ3v) is 9.70. The maximum Gasteiger partial charge on any atom is 0.321 e. The van der Waals surface area contributed by atoms with E-state index in [0.717, 1.165) is 0 Å². The summed E-state index contributed by atoms with van der Waals surface area (Å²) >= 11 is 5.85. The molecule has 7 N–H and O–H groups in total. The number of hydrogen-bond acceptors (Lipinski definition) is 19. The van der Waals surface area contributed by atoms with Crippen molar-refractivity contribution in [1.82, 2.24) is 0 Å². The Balaban J connectivity index is 1.68. The molecule has 0 unspecified atom stereocenters. The van der Waals surface area contributed by atoms with Gasteiger partial charge in [0.2, 0.25) is 0 Å². The number of ether oxygens (including phenoxy) is 10. The molecule has 15 atom stereocenters. The molecule has 0 radical (unpaired) electrons. The summed E-state index contributed by atoms with van der Waals surface area (Å²) in [5.74, 6) is -1.25. The largest absolute Gasteiger partial charge is 0.497 e. The fourth-order valence-electron chi connectivity index (χ4n) is 6.25. The topological polar surface area (TPSA) is 268 Å². The number of halogens is 1. The molecule has 3 aliphatic rings. The van der Waals surface area contributed by atoms with Gasteiger partial charge < -0.3 is 83.1 Å². The molecule has 19 nitrogen and oxygen atoms in total. The standard InChI is InChI=1S/C35H53ClO19/c1-17-24(40)26(42)28(44)33(51-17)50-16-21-30(55-34-29(45)27(43)25(41)20(14-37)52-34)31(49-15-18-8-10-19(46-2)11-9-18)32(54-23(39)13-36)35(53-21)48-12-6-4-5-7-22(38)47-3/h8-11,17,20-21,24-35,37,40-45H,4-7,12-16H2,1-3H3/t17-,20+,21+,24+,25-,26+,27-,28-,29+,30-,31-,32+,33+,34+,35+/m0/s1. The van der Waals surface area contributed by atoms with E-state index in [2.05, 4.69) is 4.74 Å². The molecule has 20 heteroatoms. The lowest BCUT2D eigenvalue weighted by Crippen LogP contribution is -2.66. The number of unbranched alkanes of at least 4 members (excludes halogenated alkanes) is 2. The van der Waals surface area contributed by atoms with Gasteiger partial charge in [0.15, 0.2) is 25.0 Å². The van der Waals surface area contributed by atoms with E-state index in [1.807, 2.05) is 0 Å². The molecule has 0 bridgehead atoms. The summed E-state index contributed by atoms with van der Waals surface area (Å²) in [7, 11) is 2.80. The van der Waals surface area contributed by atoms with Crippen LogP contribution in [0.15, 0.2) is 24.3 Å². The zero-order valence-electron chi connectivity index (χ0n) is 30.7. The molecule has 55 heavy (non-hydrogen) atoms. The van der Waals surface area contributed by atoms with Crippen molar-refractivity contribution in [3.05, 3.63) is 29.8 Å². The van der Waals surface area contributed by atoms with Crippen molar-refractivity contribution in [2.75, 3.05) is 39.9 Å². The van der Waals surface area contributed by atoms with Crippen LogP contribution in [0.25, 0.3) is 0 Å². The fraction of sp³-hybridized carbons (Fsp3) is 0.771. The molecule has 0 amide bonds. The van der Waals surface area contributed by atoms with Crippen LogP contribution in [-0.4, -0.2) is 180 Å². The molecule has 3 aliphatic heterocycles. The summed E-state index contributed by atoms with van der Waals surface area (Å²) in [6, 6.07) is 6.83. The number of aliphatic hydroxyl groups excluding tert-OH is 7.